The van der Waals surface area contributed by atoms with Crippen molar-refractivity contribution >= 4 is 38.4 Å². The van der Waals surface area contributed by atoms with Gasteiger partial charge in [-0.05, 0) is 60.7 Å². The van der Waals surface area contributed by atoms with Gasteiger partial charge in [0.2, 0.25) is 5.91 Å². The normalized spacial score (nSPS) is 22.2. The number of hydrogen-bond donors (Lipinski definition) is 2. The van der Waals surface area contributed by atoms with E-state index in [1.807, 2.05) is 13.0 Å². The zero-order valence-corrected chi connectivity index (χ0v) is 16.4. The molecule has 1 aliphatic carbocycles. The Balaban J connectivity index is 1.73. The highest BCUT2D eigenvalue weighted by atomic mass is 79.9. The maximum absolute atomic E-state index is 12.6. The number of pyridine rings is 1. The van der Waals surface area contributed by atoms with Crippen molar-refractivity contribution in [3.8, 4) is 0 Å². The van der Waals surface area contributed by atoms with Crippen LogP contribution in [0.3, 0.4) is 0 Å². The monoisotopic (exact) mass is 404 g/mol. The molecule has 25 heavy (non-hydrogen) atoms. The van der Waals surface area contributed by atoms with Gasteiger partial charge in [-0.15, -0.1) is 0 Å². The molecule has 4 nitrogen and oxygen atoms in total. The minimum absolute atomic E-state index is 0.00606. The summed E-state index contributed by atoms with van der Waals surface area (Å²) in [6, 6.07) is 6.05. The number of carbonyl (C=O) groups is 1. The first-order valence-electron chi connectivity index (χ1n) is 8.97. The number of unbranched alkanes of at least 4 members (excludes halogenated alkanes) is 1. The lowest BCUT2D eigenvalue weighted by Crippen LogP contribution is -2.20. The number of aromatic nitrogens is 1. The molecule has 1 fully saturated rings. The van der Waals surface area contributed by atoms with E-state index in [-0.39, 0.29) is 23.8 Å². The standard InChI is InChI=1S/C20H25BrN2O2/c1-3-4-5-20(6-7-24)11-16(20)19(25)23-18-10-14-9-17(21)13(2)8-15(14)12-22-18/h8-10,12,16,24H,3-7,11H2,1-2H3,(H,22,23,25). The summed E-state index contributed by atoms with van der Waals surface area (Å²) < 4.78 is 1.05. The van der Waals surface area contributed by atoms with Crippen molar-refractivity contribution in [3.05, 3.63) is 34.4 Å². The summed E-state index contributed by atoms with van der Waals surface area (Å²) in [6.07, 6.45) is 6.61. The van der Waals surface area contributed by atoms with Crippen LogP contribution in [0.25, 0.3) is 10.8 Å². The molecule has 0 saturated heterocycles. The van der Waals surface area contributed by atoms with Crippen LogP contribution in [-0.2, 0) is 4.79 Å². The van der Waals surface area contributed by atoms with E-state index in [2.05, 4.69) is 45.3 Å². The van der Waals surface area contributed by atoms with Gasteiger partial charge in [-0.2, -0.15) is 0 Å². The molecule has 1 saturated carbocycles. The van der Waals surface area contributed by atoms with Gasteiger partial charge in [0.1, 0.15) is 5.82 Å². The fraction of sp³-hybridized carbons (Fsp3) is 0.500. The van der Waals surface area contributed by atoms with Crippen LogP contribution in [0, 0.1) is 18.3 Å². The van der Waals surface area contributed by atoms with Crippen molar-refractivity contribution in [2.24, 2.45) is 11.3 Å². The van der Waals surface area contributed by atoms with Crippen molar-refractivity contribution < 1.29 is 9.90 Å². The summed E-state index contributed by atoms with van der Waals surface area (Å²) in [5.41, 5.74) is 1.15. The Morgan fingerprint density at radius 3 is 2.88 bits per heavy atom. The third-order valence-corrected chi connectivity index (χ3v) is 6.25. The number of rotatable bonds is 7. The second-order valence-electron chi connectivity index (χ2n) is 7.20. The number of nitrogens with zero attached hydrogens (tertiary/aromatic N) is 1. The lowest BCUT2D eigenvalue weighted by molar-refractivity contribution is -0.118. The number of carbonyl (C=O) groups excluding carboxylic acids is 1. The number of aliphatic hydroxyl groups is 1. The molecule has 2 atom stereocenters. The Hall–Kier alpha value is -1.46. The van der Waals surface area contributed by atoms with Gasteiger partial charge in [-0.3, -0.25) is 4.79 Å². The molecule has 3 rings (SSSR count). The number of aliphatic hydroxyl groups excluding tert-OH is 1. The number of anilines is 1. The molecule has 134 valence electrons. The van der Waals surface area contributed by atoms with Crippen LogP contribution in [0.1, 0.15) is 44.6 Å². The molecular formula is C20H25BrN2O2. The fourth-order valence-corrected chi connectivity index (χ4v) is 4.07. The number of nitrogens with one attached hydrogen (secondary N) is 1. The molecular weight excluding hydrogens is 380 g/mol. The summed E-state index contributed by atoms with van der Waals surface area (Å²) in [5, 5.41) is 14.4. The number of aryl methyl sites for hydroxylation is 1. The topological polar surface area (TPSA) is 62.2 Å². The second kappa shape index (κ2) is 7.42. The van der Waals surface area contributed by atoms with E-state index in [0.29, 0.717) is 12.2 Å². The molecule has 1 amide bonds. The maximum Gasteiger partial charge on any atom is 0.229 e. The largest absolute Gasteiger partial charge is 0.396 e. The van der Waals surface area contributed by atoms with Crippen LogP contribution in [0.15, 0.2) is 28.9 Å². The fourth-order valence-electron chi connectivity index (χ4n) is 3.71. The Bertz CT molecular complexity index is 793. The van der Waals surface area contributed by atoms with Gasteiger partial charge >= 0.3 is 0 Å². The maximum atomic E-state index is 12.6. The predicted octanol–water partition coefficient (Wildman–Crippen LogP) is 4.82. The molecule has 0 bridgehead atoms. The summed E-state index contributed by atoms with van der Waals surface area (Å²) in [4.78, 5) is 17.0. The predicted molar refractivity (Wildman–Crippen MR) is 105 cm³/mol. The van der Waals surface area contributed by atoms with E-state index < -0.39 is 0 Å². The Kier molecular flexibility index (Phi) is 5.44. The molecule has 2 unspecified atom stereocenters. The smallest absolute Gasteiger partial charge is 0.229 e. The summed E-state index contributed by atoms with van der Waals surface area (Å²) in [6.45, 7) is 4.35. The first-order chi connectivity index (χ1) is 12.0. The van der Waals surface area contributed by atoms with Crippen LogP contribution in [-0.4, -0.2) is 22.6 Å². The third-order valence-electron chi connectivity index (χ3n) is 5.39. The Morgan fingerprint density at radius 2 is 2.16 bits per heavy atom. The van der Waals surface area contributed by atoms with E-state index >= 15 is 0 Å². The number of benzene rings is 1. The third kappa shape index (κ3) is 3.87. The van der Waals surface area contributed by atoms with Gasteiger partial charge in [-0.25, -0.2) is 4.98 Å². The van der Waals surface area contributed by atoms with Crippen LogP contribution in [0.4, 0.5) is 5.82 Å². The number of amides is 1. The minimum atomic E-state index is -0.00810. The first-order valence-corrected chi connectivity index (χ1v) is 9.76. The molecule has 1 aliphatic rings. The second-order valence-corrected chi connectivity index (χ2v) is 8.06. The van der Waals surface area contributed by atoms with E-state index in [4.69, 9.17) is 0 Å². The first kappa shape index (κ1) is 18.3. The van der Waals surface area contributed by atoms with Gasteiger partial charge in [0.15, 0.2) is 0 Å². The van der Waals surface area contributed by atoms with Crippen molar-refractivity contribution in [1.82, 2.24) is 4.98 Å². The molecule has 2 aromatic rings. The molecule has 0 spiro atoms. The van der Waals surface area contributed by atoms with Crippen LogP contribution >= 0.6 is 15.9 Å². The summed E-state index contributed by atoms with van der Waals surface area (Å²) >= 11 is 3.55. The summed E-state index contributed by atoms with van der Waals surface area (Å²) in [5.74, 6) is 0.615. The van der Waals surface area contributed by atoms with Gasteiger partial charge in [0.25, 0.3) is 0 Å². The average Bonchev–Trinajstić information content (AvgIpc) is 3.29. The lowest BCUT2D eigenvalue weighted by Gasteiger charge is -2.15. The average molecular weight is 405 g/mol. The minimum Gasteiger partial charge on any atom is -0.396 e. The highest BCUT2D eigenvalue weighted by molar-refractivity contribution is 9.10. The zero-order valence-electron chi connectivity index (χ0n) is 14.8. The molecule has 1 aromatic carbocycles. The van der Waals surface area contributed by atoms with Crippen LogP contribution < -0.4 is 5.32 Å². The van der Waals surface area contributed by atoms with E-state index in [1.165, 1.54) is 0 Å². The molecule has 0 aliphatic heterocycles. The quantitative estimate of drug-likeness (QED) is 0.694. The highest BCUT2D eigenvalue weighted by Crippen LogP contribution is 2.58. The van der Waals surface area contributed by atoms with Crippen LogP contribution in [0.5, 0.6) is 0 Å². The van der Waals surface area contributed by atoms with Crippen LogP contribution in [0.2, 0.25) is 0 Å². The highest BCUT2D eigenvalue weighted by Gasteiger charge is 2.56. The number of halogens is 1. The van der Waals surface area contributed by atoms with E-state index in [0.717, 1.165) is 46.5 Å². The Morgan fingerprint density at radius 1 is 1.36 bits per heavy atom. The zero-order chi connectivity index (χ0) is 18.0. The SMILES string of the molecule is CCCCC1(CCO)CC1C(=O)Nc1cc2cc(Br)c(C)cc2cn1. The number of fused-ring (bicyclic) bond motifs is 1. The van der Waals surface area contributed by atoms with Gasteiger partial charge in [0, 0.05) is 28.6 Å². The van der Waals surface area contributed by atoms with E-state index in [1.54, 1.807) is 6.20 Å². The van der Waals surface area contributed by atoms with E-state index in [9.17, 15) is 9.90 Å². The number of hydrogen-bond acceptors (Lipinski definition) is 3. The van der Waals surface area contributed by atoms with Crippen molar-refractivity contribution in [3.63, 3.8) is 0 Å². The van der Waals surface area contributed by atoms with Crippen molar-refractivity contribution in [1.29, 1.82) is 0 Å². The lowest BCUT2D eigenvalue weighted by atomic mass is 9.92. The molecule has 5 heteroatoms. The van der Waals surface area contributed by atoms with Crippen molar-refractivity contribution in [2.45, 2.75) is 46.0 Å². The molecule has 0 radical (unpaired) electrons. The Labute approximate surface area is 157 Å². The molecule has 2 N–H and O–H groups in total. The van der Waals surface area contributed by atoms with Gasteiger partial charge < -0.3 is 10.4 Å². The summed E-state index contributed by atoms with van der Waals surface area (Å²) in [7, 11) is 0. The van der Waals surface area contributed by atoms with Gasteiger partial charge in [0.05, 0.1) is 0 Å². The van der Waals surface area contributed by atoms with Gasteiger partial charge in [-0.1, -0.05) is 35.7 Å². The van der Waals surface area contributed by atoms with Crippen molar-refractivity contribution in [2.75, 3.05) is 11.9 Å². The molecule has 1 heterocycles. The molecule has 1 aromatic heterocycles.